The number of alkyl halides is 5. The van der Waals surface area contributed by atoms with Crippen LogP contribution in [0.5, 0.6) is 0 Å². The Labute approximate surface area is 293 Å². The van der Waals surface area contributed by atoms with Crippen molar-refractivity contribution in [2.75, 3.05) is 10.6 Å². The number of aryl methyl sites for hydroxylation is 2. The molecule has 0 bridgehead atoms. The number of anilines is 2. The number of carbonyl (C=O) groups is 2. The van der Waals surface area contributed by atoms with Crippen LogP contribution in [0.15, 0.2) is 73.1 Å². The van der Waals surface area contributed by atoms with Gasteiger partial charge in [0.1, 0.15) is 17.3 Å². The van der Waals surface area contributed by atoms with Gasteiger partial charge in [0, 0.05) is 49.0 Å². The van der Waals surface area contributed by atoms with Gasteiger partial charge in [-0.1, -0.05) is 36.4 Å². The zero-order chi connectivity index (χ0) is 37.5. The van der Waals surface area contributed by atoms with Gasteiger partial charge in [-0.3, -0.25) is 19.0 Å². The van der Waals surface area contributed by atoms with Gasteiger partial charge in [-0.25, -0.2) is 17.6 Å². The molecule has 2 aliphatic rings. The number of aromatic nitrogens is 4. The lowest BCUT2D eigenvalue weighted by molar-refractivity contribution is -0.141. The van der Waals surface area contributed by atoms with Gasteiger partial charge < -0.3 is 10.6 Å². The van der Waals surface area contributed by atoms with E-state index in [1.165, 1.54) is 62.9 Å². The van der Waals surface area contributed by atoms with Gasteiger partial charge in [-0.05, 0) is 79.3 Å². The van der Waals surface area contributed by atoms with Crippen LogP contribution in [0.4, 0.5) is 42.1 Å². The Morgan fingerprint density at radius 1 is 0.827 bits per heavy atom. The van der Waals surface area contributed by atoms with Crippen molar-refractivity contribution in [1.29, 1.82) is 0 Å². The van der Waals surface area contributed by atoms with E-state index in [-0.39, 0.29) is 27.9 Å². The molecule has 2 atom stereocenters. The number of nitrogens with one attached hydrogen (secondary N) is 2. The van der Waals surface area contributed by atoms with Crippen LogP contribution in [0, 0.1) is 30.4 Å². The minimum absolute atomic E-state index is 0.0724. The minimum Gasteiger partial charge on any atom is -0.322 e. The summed E-state index contributed by atoms with van der Waals surface area (Å²) in [6, 6.07) is 15.9. The highest BCUT2D eigenvalue weighted by Gasteiger charge is 2.48. The summed E-state index contributed by atoms with van der Waals surface area (Å²) >= 11 is 0. The van der Waals surface area contributed by atoms with Crippen LogP contribution in [-0.4, -0.2) is 31.4 Å². The van der Waals surface area contributed by atoms with Crippen molar-refractivity contribution in [3.63, 3.8) is 0 Å². The number of para-hydroxylation sites is 2. The molecule has 0 spiro atoms. The highest BCUT2D eigenvalue weighted by molar-refractivity contribution is 6.07. The van der Waals surface area contributed by atoms with Crippen LogP contribution in [0.25, 0.3) is 11.1 Å². The summed E-state index contributed by atoms with van der Waals surface area (Å²) in [5, 5.41) is 12.2. The summed E-state index contributed by atoms with van der Waals surface area (Å²) in [7, 11) is 2.79. The molecule has 2 N–H and O–H groups in total. The molecule has 52 heavy (non-hydrogen) atoms. The van der Waals surface area contributed by atoms with Crippen LogP contribution in [0.1, 0.15) is 74.8 Å². The topological polar surface area (TPSA) is 93.8 Å². The summed E-state index contributed by atoms with van der Waals surface area (Å²) in [6.07, 6.45) is -1.52. The van der Waals surface area contributed by atoms with E-state index in [4.69, 9.17) is 0 Å². The molecule has 8 nitrogen and oxygen atoms in total. The molecule has 2 saturated carbocycles. The standard InChI is InChI=1S/C19H14F5N3O.C18H19F2N3O/c1-10-14(20)7-11(8-15(10)21)12-5-3-4-6-16(12)25-18(28)13-9-27(2)26-17(13)19(22,23)24;1-23-9-14(16(22-23)17(19)20)18(24)21-15-5-3-2-4-11(15)13-8-12(13)10-6-7-10/h3-9H,1-2H3,(H,25,28);2-5,9-10,12-13,17H,6-8H2,1H3,(H,21,24). The Kier molecular flexibility index (Phi) is 9.97. The van der Waals surface area contributed by atoms with E-state index < -0.39 is 53.0 Å². The summed E-state index contributed by atoms with van der Waals surface area (Å²) in [4.78, 5) is 24.9. The maximum absolute atomic E-state index is 13.9. The molecule has 2 heterocycles. The molecular weight excluding hydrogens is 693 g/mol. The quantitative estimate of drug-likeness (QED) is 0.156. The zero-order valence-electron chi connectivity index (χ0n) is 28.1. The predicted molar refractivity (Wildman–Crippen MR) is 179 cm³/mol. The number of carbonyl (C=O) groups excluding carboxylic acids is 2. The van der Waals surface area contributed by atoms with E-state index in [2.05, 4.69) is 20.8 Å². The first-order valence-electron chi connectivity index (χ1n) is 16.3. The number of hydrogen-bond donors (Lipinski definition) is 2. The maximum Gasteiger partial charge on any atom is 0.435 e. The lowest BCUT2D eigenvalue weighted by atomic mass is 10.0. The normalized spacial score (nSPS) is 16.7. The Morgan fingerprint density at radius 2 is 1.38 bits per heavy atom. The van der Waals surface area contributed by atoms with Crippen LogP contribution >= 0.6 is 0 Å². The zero-order valence-corrected chi connectivity index (χ0v) is 28.1. The van der Waals surface area contributed by atoms with Crippen LogP contribution in [0.2, 0.25) is 0 Å². The molecule has 2 unspecified atom stereocenters. The van der Waals surface area contributed by atoms with Crippen molar-refractivity contribution in [3.05, 3.63) is 118 Å². The van der Waals surface area contributed by atoms with E-state index >= 15 is 0 Å². The molecule has 7 rings (SSSR count). The first-order chi connectivity index (χ1) is 24.6. The summed E-state index contributed by atoms with van der Waals surface area (Å²) in [5.41, 5.74) is -0.354. The van der Waals surface area contributed by atoms with Crippen molar-refractivity contribution < 1.29 is 40.3 Å². The molecule has 0 aliphatic heterocycles. The predicted octanol–water partition coefficient (Wildman–Crippen LogP) is 9.07. The molecule has 2 aliphatic carbocycles. The van der Waals surface area contributed by atoms with Crippen molar-refractivity contribution in [1.82, 2.24) is 19.6 Å². The largest absolute Gasteiger partial charge is 0.435 e. The second-order valence-electron chi connectivity index (χ2n) is 12.9. The second kappa shape index (κ2) is 14.3. The molecule has 272 valence electrons. The van der Waals surface area contributed by atoms with Crippen LogP contribution < -0.4 is 10.6 Å². The van der Waals surface area contributed by atoms with Crippen LogP contribution in [-0.2, 0) is 20.3 Å². The first-order valence-corrected chi connectivity index (χ1v) is 16.3. The number of rotatable bonds is 8. The summed E-state index contributed by atoms with van der Waals surface area (Å²) in [6.45, 7) is 1.28. The van der Waals surface area contributed by atoms with E-state index in [1.54, 1.807) is 6.07 Å². The van der Waals surface area contributed by atoms with Crippen molar-refractivity contribution >= 4 is 23.2 Å². The average Bonchev–Trinajstić information content (AvgIpc) is 4.00. The maximum atomic E-state index is 13.9. The van der Waals surface area contributed by atoms with Gasteiger partial charge in [0.2, 0.25) is 0 Å². The molecular formula is C37H33F7N6O2. The van der Waals surface area contributed by atoms with Gasteiger partial charge in [0.05, 0.1) is 11.1 Å². The Hall–Kier alpha value is -5.47. The molecule has 0 saturated heterocycles. The average molecular weight is 727 g/mol. The second-order valence-corrected chi connectivity index (χ2v) is 12.9. The highest BCUT2D eigenvalue weighted by atomic mass is 19.4. The minimum atomic E-state index is -4.81. The third-order valence-electron chi connectivity index (χ3n) is 9.09. The summed E-state index contributed by atoms with van der Waals surface area (Å²) in [5.74, 6) is -1.08. The fourth-order valence-corrected chi connectivity index (χ4v) is 6.28. The fraction of sp³-hybridized carbons (Fsp3) is 0.297. The third-order valence-corrected chi connectivity index (χ3v) is 9.09. The molecule has 2 aromatic heterocycles. The molecule has 15 heteroatoms. The SMILES string of the molecule is Cc1c(F)cc(-c2ccccc2NC(=O)c2cn(C)nc2C(F)(F)F)cc1F.Cn1cc(C(=O)Nc2ccccc2C2CC2C2CC2)c(C(F)F)n1. The van der Waals surface area contributed by atoms with Gasteiger partial charge in [-0.2, -0.15) is 23.4 Å². The molecule has 5 aromatic rings. The van der Waals surface area contributed by atoms with Crippen LogP contribution in [0.3, 0.4) is 0 Å². The first kappa shape index (κ1) is 36.3. The van der Waals surface area contributed by atoms with E-state index in [0.717, 1.165) is 52.5 Å². The number of amides is 2. The fourth-order valence-electron chi connectivity index (χ4n) is 6.28. The Morgan fingerprint density at radius 3 is 2.02 bits per heavy atom. The lowest BCUT2D eigenvalue weighted by Crippen LogP contribution is -2.18. The molecule has 0 radical (unpaired) electrons. The highest BCUT2D eigenvalue weighted by Crippen LogP contribution is 2.60. The van der Waals surface area contributed by atoms with Gasteiger partial charge in [-0.15, -0.1) is 0 Å². The monoisotopic (exact) mass is 726 g/mol. The Balaban J connectivity index is 0.000000180. The van der Waals surface area contributed by atoms with Gasteiger partial charge in [0.25, 0.3) is 18.2 Å². The van der Waals surface area contributed by atoms with Crippen molar-refractivity contribution in [2.24, 2.45) is 25.9 Å². The molecule has 2 fully saturated rings. The van der Waals surface area contributed by atoms with Gasteiger partial charge >= 0.3 is 6.18 Å². The number of hydrogen-bond acceptors (Lipinski definition) is 4. The molecule has 2 amide bonds. The van der Waals surface area contributed by atoms with Crippen molar-refractivity contribution in [2.45, 2.75) is 44.7 Å². The summed E-state index contributed by atoms with van der Waals surface area (Å²) < 4.78 is 95.3. The molecule has 3 aromatic carbocycles. The number of benzene rings is 3. The van der Waals surface area contributed by atoms with E-state index in [0.29, 0.717) is 5.92 Å². The Bertz CT molecular complexity index is 2110. The van der Waals surface area contributed by atoms with E-state index in [1.807, 2.05) is 24.3 Å². The number of halogens is 7. The van der Waals surface area contributed by atoms with Gasteiger partial charge in [0.15, 0.2) is 5.69 Å². The third kappa shape index (κ3) is 7.87. The smallest absolute Gasteiger partial charge is 0.322 e. The number of nitrogens with zero attached hydrogens (tertiary/aromatic N) is 4. The van der Waals surface area contributed by atoms with Crippen molar-refractivity contribution in [3.8, 4) is 11.1 Å². The van der Waals surface area contributed by atoms with E-state index in [9.17, 15) is 40.3 Å². The lowest BCUT2D eigenvalue weighted by Gasteiger charge is -2.13.